The highest BCUT2D eigenvalue weighted by atomic mass is 35.5. The number of carbonyl (C=O) groups is 2. The molecule has 4 N–H and O–H groups in total. The van der Waals surface area contributed by atoms with E-state index >= 15 is 0 Å². The summed E-state index contributed by atoms with van der Waals surface area (Å²) in [5.74, 6) is 0.330. The lowest BCUT2D eigenvalue weighted by Gasteiger charge is -2.37. The summed E-state index contributed by atoms with van der Waals surface area (Å²) >= 11 is 0. The Balaban J connectivity index is 0.00000338. The Morgan fingerprint density at radius 2 is 2.08 bits per heavy atom. The zero-order chi connectivity index (χ0) is 18.3. The van der Waals surface area contributed by atoms with E-state index in [0.29, 0.717) is 18.8 Å². The lowest BCUT2D eigenvalue weighted by Crippen LogP contribution is -2.52. The van der Waals surface area contributed by atoms with Gasteiger partial charge in [0.05, 0.1) is 5.92 Å². The maximum atomic E-state index is 12.5. The van der Waals surface area contributed by atoms with Crippen LogP contribution in [0.25, 0.3) is 0 Å². The zero-order valence-corrected chi connectivity index (χ0v) is 16.4. The average molecular weight is 384 g/mol. The molecule has 1 aliphatic carbocycles. The largest absolute Gasteiger partial charge is 0.484 e. The average Bonchev–Trinajstić information content (AvgIpc) is 2.58. The first-order valence-electron chi connectivity index (χ1n) is 8.97. The summed E-state index contributed by atoms with van der Waals surface area (Å²) in [5, 5.41) is 5.66. The lowest BCUT2D eigenvalue weighted by molar-refractivity contribution is -0.128. The Bertz CT molecular complexity index is 607. The van der Waals surface area contributed by atoms with Crippen molar-refractivity contribution in [3.8, 4) is 5.75 Å². The van der Waals surface area contributed by atoms with E-state index in [1.54, 1.807) is 6.07 Å². The van der Waals surface area contributed by atoms with Crippen LogP contribution >= 0.6 is 12.4 Å². The fourth-order valence-electron chi connectivity index (χ4n) is 3.24. The van der Waals surface area contributed by atoms with E-state index < -0.39 is 5.54 Å². The van der Waals surface area contributed by atoms with Crippen molar-refractivity contribution < 1.29 is 14.3 Å². The molecule has 0 aromatic heterocycles. The molecule has 2 atom stereocenters. The van der Waals surface area contributed by atoms with Gasteiger partial charge < -0.3 is 21.1 Å². The number of nitrogens with one attached hydrogen (secondary N) is 2. The first kappa shape index (κ1) is 22.3. The first-order chi connectivity index (χ1) is 11.9. The molecule has 1 fully saturated rings. The highest BCUT2D eigenvalue weighted by Crippen LogP contribution is 2.31. The van der Waals surface area contributed by atoms with Gasteiger partial charge >= 0.3 is 0 Å². The Kier molecular flexibility index (Phi) is 8.88. The van der Waals surface area contributed by atoms with E-state index in [2.05, 4.69) is 10.6 Å². The van der Waals surface area contributed by atoms with Gasteiger partial charge in [-0.3, -0.25) is 9.59 Å². The molecule has 0 bridgehead atoms. The summed E-state index contributed by atoms with van der Waals surface area (Å²) in [6.07, 6.45) is 3.86. The van der Waals surface area contributed by atoms with Crippen LogP contribution in [0.2, 0.25) is 0 Å². The number of likely N-dealkylation sites (N-methyl/N-ethyl adjacent to an activating group) is 1. The zero-order valence-electron chi connectivity index (χ0n) is 15.5. The van der Waals surface area contributed by atoms with Crippen molar-refractivity contribution in [1.82, 2.24) is 10.6 Å². The number of rotatable bonds is 7. The molecule has 2 amide bonds. The molecule has 2 unspecified atom stereocenters. The molecular weight excluding hydrogens is 354 g/mol. The second kappa shape index (κ2) is 10.4. The van der Waals surface area contributed by atoms with Gasteiger partial charge in [-0.2, -0.15) is 0 Å². The summed E-state index contributed by atoms with van der Waals surface area (Å²) in [6, 6.07) is 7.40. The summed E-state index contributed by atoms with van der Waals surface area (Å²) < 4.78 is 5.47. The molecule has 1 saturated carbocycles. The Morgan fingerprint density at radius 3 is 2.77 bits per heavy atom. The van der Waals surface area contributed by atoms with Crippen molar-refractivity contribution in [2.24, 2.45) is 11.7 Å². The number of hydrogen-bond acceptors (Lipinski definition) is 4. The highest BCUT2D eigenvalue weighted by Gasteiger charge is 2.37. The summed E-state index contributed by atoms with van der Waals surface area (Å²) in [5.41, 5.74) is 6.79. The van der Waals surface area contributed by atoms with Gasteiger partial charge in [-0.15, -0.1) is 12.4 Å². The second-order valence-electron chi connectivity index (χ2n) is 6.91. The number of benzene rings is 1. The number of carbonyl (C=O) groups excluding carboxylic acids is 2. The molecule has 26 heavy (non-hydrogen) atoms. The van der Waals surface area contributed by atoms with Gasteiger partial charge in [-0.25, -0.2) is 0 Å². The molecule has 7 heteroatoms. The Labute approximate surface area is 161 Å². The van der Waals surface area contributed by atoms with E-state index in [0.717, 1.165) is 31.2 Å². The molecule has 0 radical (unpaired) electrons. The molecule has 2 rings (SSSR count). The molecule has 1 aromatic rings. The molecule has 0 aliphatic heterocycles. The van der Waals surface area contributed by atoms with Gasteiger partial charge in [0.1, 0.15) is 5.75 Å². The van der Waals surface area contributed by atoms with Crippen LogP contribution < -0.4 is 21.1 Å². The Hall–Kier alpha value is -1.79. The van der Waals surface area contributed by atoms with Crippen molar-refractivity contribution in [1.29, 1.82) is 0 Å². The minimum absolute atomic E-state index is 0. The summed E-state index contributed by atoms with van der Waals surface area (Å²) in [4.78, 5) is 23.9. The molecule has 146 valence electrons. The maximum Gasteiger partial charge on any atom is 0.257 e. The predicted octanol–water partition coefficient (Wildman–Crippen LogP) is 2.15. The molecular formula is C19H30ClN3O3. The molecule has 0 saturated heterocycles. The third-order valence-electron chi connectivity index (χ3n) is 4.68. The van der Waals surface area contributed by atoms with Crippen molar-refractivity contribution >= 4 is 24.2 Å². The maximum absolute atomic E-state index is 12.5. The van der Waals surface area contributed by atoms with E-state index in [1.165, 1.54) is 0 Å². The predicted molar refractivity (Wildman–Crippen MR) is 104 cm³/mol. The van der Waals surface area contributed by atoms with Crippen LogP contribution in [-0.4, -0.2) is 30.5 Å². The monoisotopic (exact) mass is 383 g/mol. The van der Waals surface area contributed by atoms with Crippen LogP contribution in [0.15, 0.2) is 24.3 Å². The Morgan fingerprint density at radius 1 is 1.31 bits per heavy atom. The van der Waals surface area contributed by atoms with Crippen molar-refractivity contribution in [2.45, 2.75) is 51.6 Å². The first-order valence-corrected chi connectivity index (χ1v) is 8.97. The van der Waals surface area contributed by atoms with Gasteiger partial charge in [-0.1, -0.05) is 25.0 Å². The third-order valence-corrected chi connectivity index (χ3v) is 4.68. The van der Waals surface area contributed by atoms with Gasteiger partial charge in [0.2, 0.25) is 5.91 Å². The van der Waals surface area contributed by atoms with Crippen LogP contribution in [0.5, 0.6) is 5.75 Å². The van der Waals surface area contributed by atoms with Gasteiger partial charge in [-0.05, 0) is 44.4 Å². The number of nitrogens with two attached hydrogens (primary N) is 1. The van der Waals surface area contributed by atoms with Crippen molar-refractivity contribution in [2.75, 3.05) is 13.2 Å². The number of amides is 2. The highest BCUT2D eigenvalue weighted by molar-refractivity contribution is 5.85. The van der Waals surface area contributed by atoms with E-state index in [9.17, 15) is 9.59 Å². The smallest absolute Gasteiger partial charge is 0.257 e. The summed E-state index contributed by atoms with van der Waals surface area (Å²) in [6.45, 7) is 4.81. The molecule has 6 nitrogen and oxygen atoms in total. The number of halogens is 1. The van der Waals surface area contributed by atoms with Crippen LogP contribution in [0, 0.1) is 5.92 Å². The quantitative estimate of drug-likeness (QED) is 0.672. The molecule has 1 aromatic carbocycles. The lowest BCUT2D eigenvalue weighted by atomic mass is 9.74. The van der Waals surface area contributed by atoms with E-state index in [4.69, 9.17) is 10.5 Å². The molecule has 0 heterocycles. The standard InChI is InChI=1S/C19H29N3O3.ClH/c1-3-21-17(23)13-25-15-8-6-7-14(11-15)12-22-18(24)16-9-4-5-10-19(16,2)20;/h6-8,11,16H,3-5,9-10,12-13,20H2,1-2H3,(H,21,23)(H,22,24);1H. The number of ether oxygens (including phenoxy) is 1. The van der Waals surface area contributed by atoms with E-state index in [-0.39, 0.29) is 36.7 Å². The fourth-order valence-corrected chi connectivity index (χ4v) is 3.24. The molecule has 0 spiro atoms. The van der Waals surface area contributed by atoms with Crippen LogP contribution in [0.3, 0.4) is 0 Å². The van der Waals surface area contributed by atoms with Crippen LogP contribution in [-0.2, 0) is 16.1 Å². The van der Waals surface area contributed by atoms with Crippen LogP contribution in [0.1, 0.15) is 45.1 Å². The minimum Gasteiger partial charge on any atom is -0.484 e. The normalized spacial score (nSPS) is 22.0. The van der Waals surface area contributed by atoms with Gasteiger partial charge in [0.15, 0.2) is 6.61 Å². The third kappa shape index (κ3) is 6.50. The van der Waals surface area contributed by atoms with Crippen molar-refractivity contribution in [3.05, 3.63) is 29.8 Å². The fraction of sp³-hybridized carbons (Fsp3) is 0.579. The van der Waals surface area contributed by atoms with Crippen molar-refractivity contribution in [3.63, 3.8) is 0 Å². The van der Waals surface area contributed by atoms with Gasteiger partial charge in [0, 0.05) is 18.6 Å². The molecule has 1 aliphatic rings. The van der Waals surface area contributed by atoms with Gasteiger partial charge in [0.25, 0.3) is 5.91 Å². The van der Waals surface area contributed by atoms with E-state index in [1.807, 2.05) is 32.0 Å². The minimum atomic E-state index is -0.431. The second-order valence-corrected chi connectivity index (χ2v) is 6.91. The summed E-state index contributed by atoms with van der Waals surface area (Å²) in [7, 11) is 0. The topological polar surface area (TPSA) is 93.5 Å². The van der Waals surface area contributed by atoms with Crippen LogP contribution in [0.4, 0.5) is 0 Å². The number of hydrogen-bond donors (Lipinski definition) is 3. The SMILES string of the molecule is CCNC(=O)COc1cccc(CNC(=O)C2CCCCC2(C)N)c1.Cl.